The number of hydrogen-bond donors (Lipinski definition) is 2. The third-order valence-electron chi connectivity index (χ3n) is 8.47. The van der Waals surface area contributed by atoms with Crippen LogP contribution in [0.4, 0.5) is 5.95 Å². The first-order valence-electron chi connectivity index (χ1n) is 15.3. The summed E-state index contributed by atoms with van der Waals surface area (Å²) in [6.07, 6.45) is 2.92. The van der Waals surface area contributed by atoms with Crippen LogP contribution in [-0.2, 0) is 4.74 Å². The summed E-state index contributed by atoms with van der Waals surface area (Å²) in [6.45, 7) is 8.19. The maximum absolute atomic E-state index is 13.2. The molecule has 2 heterocycles. The molecular weight excluding hydrogens is 617 g/mol. The summed E-state index contributed by atoms with van der Waals surface area (Å²) in [6, 6.07) is 19.3. The summed E-state index contributed by atoms with van der Waals surface area (Å²) < 4.78 is 5.83. The number of fused-ring (bicyclic) bond motifs is 1. The molecule has 7 nitrogen and oxygen atoms in total. The van der Waals surface area contributed by atoms with Crippen LogP contribution in [-0.4, -0.2) is 71.6 Å². The van der Waals surface area contributed by atoms with E-state index >= 15 is 0 Å². The smallest absolute Gasteiger partial charge is 0.253 e. The number of hydrogen-bond acceptors (Lipinski definition) is 5. The number of carbonyl (C=O) groups is 1. The number of likely N-dealkylation sites (tertiary alicyclic amines) is 1. The van der Waals surface area contributed by atoms with Gasteiger partial charge < -0.3 is 24.8 Å². The lowest BCUT2D eigenvalue weighted by molar-refractivity contribution is 0.0772. The highest BCUT2D eigenvalue weighted by Gasteiger charge is 2.24. The quantitative estimate of drug-likeness (QED) is 0.160. The van der Waals surface area contributed by atoms with Crippen molar-refractivity contribution in [3.8, 4) is 0 Å². The van der Waals surface area contributed by atoms with Crippen LogP contribution in [0.15, 0.2) is 60.7 Å². The number of H-pyrrole nitrogens is 1. The highest BCUT2D eigenvalue weighted by Crippen LogP contribution is 2.30. The van der Waals surface area contributed by atoms with Crippen LogP contribution in [0.2, 0.25) is 15.1 Å². The highest BCUT2D eigenvalue weighted by atomic mass is 35.5. The van der Waals surface area contributed by atoms with Crippen LogP contribution in [0.25, 0.3) is 11.0 Å². The Morgan fingerprint density at radius 3 is 2.55 bits per heavy atom. The number of carbonyl (C=O) groups excluding carboxylic acids is 1. The Hall–Kier alpha value is -2.81. The number of benzene rings is 3. The Morgan fingerprint density at radius 1 is 1.09 bits per heavy atom. The maximum Gasteiger partial charge on any atom is 0.253 e. The van der Waals surface area contributed by atoms with E-state index in [-0.39, 0.29) is 17.9 Å². The van der Waals surface area contributed by atoms with Crippen LogP contribution in [0.1, 0.15) is 66.6 Å². The van der Waals surface area contributed by atoms with Crippen molar-refractivity contribution in [1.29, 1.82) is 0 Å². The summed E-state index contributed by atoms with van der Waals surface area (Å²) in [7, 11) is 1.84. The third-order valence-corrected chi connectivity index (χ3v) is 9.46. The number of amides is 1. The summed E-state index contributed by atoms with van der Waals surface area (Å²) >= 11 is 18.7. The van der Waals surface area contributed by atoms with Gasteiger partial charge in [-0.05, 0) is 87.7 Å². The highest BCUT2D eigenvalue weighted by molar-refractivity contribution is 6.42. The lowest BCUT2D eigenvalue weighted by atomic mass is 9.94. The lowest BCUT2D eigenvalue weighted by Crippen LogP contribution is -2.40. The van der Waals surface area contributed by atoms with Crippen molar-refractivity contribution in [2.75, 3.05) is 45.2 Å². The Bertz CT molecular complexity index is 1550. The number of para-hydroxylation sites is 1. The molecule has 4 aromatic rings. The van der Waals surface area contributed by atoms with Crippen LogP contribution >= 0.6 is 34.8 Å². The van der Waals surface area contributed by atoms with Crippen LogP contribution in [0.5, 0.6) is 0 Å². The first-order valence-corrected chi connectivity index (χ1v) is 16.4. The summed E-state index contributed by atoms with van der Waals surface area (Å²) in [4.78, 5) is 25.8. The van der Waals surface area contributed by atoms with Crippen LogP contribution < -0.4 is 5.32 Å². The Labute approximate surface area is 274 Å². The zero-order chi connectivity index (χ0) is 31.2. The number of piperidine rings is 1. The molecule has 44 heavy (non-hydrogen) atoms. The van der Waals surface area contributed by atoms with Gasteiger partial charge in [0.15, 0.2) is 0 Å². The van der Waals surface area contributed by atoms with E-state index in [0.717, 1.165) is 67.0 Å². The van der Waals surface area contributed by atoms with E-state index in [1.165, 1.54) is 0 Å². The molecule has 2 unspecified atom stereocenters. The molecule has 10 heteroatoms. The zero-order valence-corrected chi connectivity index (χ0v) is 27.7. The molecule has 1 amide bonds. The Morgan fingerprint density at radius 2 is 1.84 bits per heavy atom. The second kappa shape index (κ2) is 15.0. The first kappa shape index (κ1) is 32.6. The van der Waals surface area contributed by atoms with E-state index in [4.69, 9.17) is 44.5 Å². The molecular formula is C34H40Cl3N5O2. The molecule has 1 fully saturated rings. The number of aromatic nitrogens is 2. The normalized spacial score (nSPS) is 15.8. The van der Waals surface area contributed by atoms with Gasteiger partial charge in [-0.1, -0.05) is 53.0 Å². The Balaban J connectivity index is 1.19. The van der Waals surface area contributed by atoms with E-state index in [1.807, 2.05) is 38.2 Å². The number of rotatable bonds is 12. The SMILES string of the molecule is CCOC(C)c1cccc2[nH]c(NC3CCN(CCC(CN(C)C(=O)c4ccc(Cl)cc4)c4ccc(Cl)c(Cl)c4)CC3)nc12. The minimum Gasteiger partial charge on any atom is -0.374 e. The molecule has 0 bridgehead atoms. The van der Waals surface area contributed by atoms with E-state index in [9.17, 15) is 4.79 Å². The van der Waals surface area contributed by atoms with Crippen molar-refractivity contribution in [3.05, 3.63) is 92.4 Å². The molecule has 2 atom stereocenters. The largest absolute Gasteiger partial charge is 0.374 e. The van der Waals surface area contributed by atoms with Gasteiger partial charge in [0, 0.05) is 61.4 Å². The second-order valence-electron chi connectivity index (χ2n) is 11.5. The van der Waals surface area contributed by atoms with Gasteiger partial charge in [0.2, 0.25) is 5.95 Å². The number of imidazole rings is 1. The molecule has 234 valence electrons. The molecule has 5 rings (SSSR count). The number of aromatic amines is 1. The van der Waals surface area contributed by atoms with Gasteiger partial charge in [-0.2, -0.15) is 0 Å². The minimum absolute atomic E-state index is 0.00819. The molecule has 3 aromatic carbocycles. The zero-order valence-electron chi connectivity index (χ0n) is 25.5. The minimum atomic E-state index is -0.0383. The van der Waals surface area contributed by atoms with Crippen molar-refractivity contribution < 1.29 is 9.53 Å². The number of ether oxygens (including phenoxy) is 1. The van der Waals surface area contributed by atoms with Crippen molar-refractivity contribution in [2.45, 2.75) is 51.2 Å². The van der Waals surface area contributed by atoms with Gasteiger partial charge in [-0.25, -0.2) is 4.98 Å². The molecule has 0 spiro atoms. The number of halogens is 3. The van der Waals surface area contributed by atoms with Gasteiger partial charge in [-0.15, -0.1) is 0 Å². The molecule has 2 N–H and O–H groups in total. The third kappa shape index (κ3) is 8.06. The van der Waals surface area contributed by atoms with E-state index in [1.54, 1.807) is 29.2 Å². The molecule has 1 aromatic heterocycles. The van der Waals surface area contributed by atoms with Crippen molar-refractivity contribution in [3.63, 3.8) is 0 Å². The maximum atomic E-state index is 13.2. The first-order chi connectivity index (χ1) is 21.2. The number of likely N-dealkylation sites (N-methyl/N-ethyl adjacent to an activating group) is 1. The molecule has 0 saturated carbocycles. The number of anilines is 1. The van der Waals surface area contributed by atoms with E-state index in [2.05, 4.69) is 34.3 Å². The number of nitrogens with zero attached hydrogens (tertiary/aromatic N) is 3. The van der Waals surface area contributed by atoms with E-state index in [0.29, 0.717) is 39.8 Å². The van der Waals surface area contributed by atoms with Gasteiger partial charge >= 0.3 is 0 Å². The topological polar surface area (TPSA) is 73.5 Å². The summed E-state index contributed by atoms with van der Waals surface area (Å²) in [5, 5.41) is 5.29. The van der Waals surface area contributed by atoms with Gasteiger partial charge in [0.1, 0.15) is 0 Å². The average Bonchev–Trinajstić information content (AvgIpc) is 3.44. The fourth-order valence-electron chi connectivity index (χ4n) is 5.98. The second-order valence-corrected chi connectivity index (χ2v) is 12.8. The van der Waals surface area contributed by atoms with E-state index < -0.39 is 0 Å². The molecule has 1 saturated heterocycles. The average molecular weight is 657 g/mol. The van der Waals surface area contributed by atoms with Gasteiger partial charge in [0.25, 0.3) is 5.91 Å². The predicted molar refractivity (Wildman–Crippen MR) is 181 cm³/mol. The van der Waals surface area contributed by atoms with Crippen molar-refractivity contribution >= 4 is 57.7 Å². The summed E-state index contributed by atoms with van der Waals surface area (Å²) in [5.74, 6) is 0.872. The Kier molecular flexibility index (Phi) is 11.1. The van der Waals surface area contributed by atoms with Gasteiger partial charge in [-0.3, -0.25) is 4.79 Å². The summed E-state index contributed by atoms with van der Waals surface area (Å²) in [5.41, 5.74) is 4.77. The predicted octanol–water partition coefficient (Wildman–Crippen LogP) is 8.44. The molecule has 1 aliphatic rings. The standard InChI is InChI=1S/C34H40Cl3N5O2/c1-4-44-22(2)28-6-5-7-31-32(28)40-34(39-31)38-27-15-18-42(19-16-27)17-14-25(24-10-13-29(36)30(37)20-24)21-41(3)33(43)23-8-11-26(35)12-9-23/h5-13,20,22,25,27H,4,14-19,21H2,1-3H3,(H2,38,39,40). The van der Waals surface area contributed by atoms with Crippen molar-refractivity contribution in [1.82, 2.24) is 19.8 Å². The van der Waals surface area contributed by atoms with Gasteiger partial charge in [0.05, 0.1) is 27.2 Å². The fourth-order valence-corrected chi connectivity index (χ4v) is 6.41. The molecule has 0 radical (unpaired) electrons. The molecule has 0 aliphatic carbocycles. The molecule has 1 aliphatic heterocycles. The monoisotopic (exact) mass is 655 g/mol. The van der Waals surface area contributed by atoms with Crippen molar-refractivity contribution in [2.24, 2.45) is 0 Å². The van der Waals surface area contributed by atoms with Crippen LogP contribution in [0.3, 0.4) is 0 Å². The van der Waals surface area contributed by atoms with Crippen LogP contribution in [0, 0.1) is 0 Å². The lowest BCUT2D eigenvalue weighted by Gasteiger charge is -2.34. The fraction of sp³-hybridized carbons (Fsp3) is 0.412. The number of nitrogens with one attached hydrogen (secondary N) is 2.